The van der Waals surface area contributed by atoms with Gasteiger partial charge in [-0.3, -0.25) is 4.79 Å². The molecule has 3 N–H and O–H groups in total. The van der Waals surface area contributed by atoms with Crippen molar-refractivity contribution in [2.45, 2.75) is 19.8 Å². The van der Waals surface area contributed by atoms with E-state index in [9.17, 15) is 4.79 Å². The summed E-state index contributed by atoms with van der Waals surface area (Å²) in [6.45, 7) is 4.19. The average molecular weight is 333 g/mol. The standard InChI is InChI=1S/C16H17BrN2O/c1-10(2)12-5-3-4-6-15(12)19-16(20)13-8-7-11(17)9-14(13)18/h3-10H,18H2,1-2H3,(H,19,20). The van der Waals surface area contributed by atoms with Crippen LogP contribution in [0.1, 0.15) is 35.7 Å². The van der Waals surface area contributed by atoms with Crippen LogP contribution >= 0.6 is 15.9 Å². The van der Waals surface area contributed by atoms with Crippen LogP contribution in [0, 0.1) is 0 Å². The highest BCUT2D eigenvalue weighted by Crippen LogP contribution is 2.25. The zero-order chi connectivity index (χ0) is 14.7. The van der Waals surface area contributed by atoms with Gasteiger partial charge in [0.1, 0.15) is 0 Å². The number of hydrogen-bond acceptors (Lipinski definition) is 2. The van der Waals surface area contributed by atoms with E-state index < -0.39 is 0 Å². The number of benzene rings is 2. The SMILES string of the molecule is CC(C)c1ccccc1NC(=O)c1ccc(Br)cc1N. The lowest BCUT2D eigenvalue weighted by molar-refractivity contribution is 0.102. The molecule has 0 saturated heterocycles. The summed E-state index contributed by atoms with van der Waals surface area (Å²) in [5.74, 6) is 0.150. The molecule has 2 rings (SSSR count). The van der Waals surface area contributed by atoms with E-state index in [-0.39, 0.29) is 5.91 Å². The molecule has 104 valence electrons. The molecule has 4 heteroatoms. The third-order valence-corrected chi connectivity index (χ3v) is 3.58. The van der Waals surface area contributed by atoms with Gasteiger partial charge in [0, 0.05) is 15.8 Å². The Balaban J connectivity index is 2.28. The van der Waals surface area contributed by atoms with Gasteiger partial charge in [0.25, 0.3) is 5.91 Å². The zero-order valence-electron chi connectivity index (χ0n) is 11.5. The Bertz CT molecular complexity index is 638. The van der Waals surface area contributed by atoms with Gasteiger partial charge in [0.05, 0.1) is 5.56 Å². The minimum Gasteiger partial charge on any atom is -0.398 e. The molecule has 0 atom stereocenters. The van der Waals surface area contributed by atoms with Crippen LogP contribution in [0.4, 0.5) is 11.4 Å². The van der Waals surface area contributed by atoms with Crippen molar-refractivity contribution in [1.82, 2.24) is 0 Å². The van der Waals surface area contributed by atoms with E-state index in [4.69, 9.17) is 5.73 Å². The lowest BCUT2D eigenvalue weighted by Crippen LogP contribution is -2.15. The van der Waals surface area contributed by atoms with Gasteiger partial charge in [-0.1, -0.05) is 48.0 Å². The molecule has 0 aromatic heterocycles. The number of amides is 1. The van der Waals surface area contributed by atoms with Crippen molar-refractivity contribution >= 4 is 33.2 Å². The average Bonchev–Trinajstić information content (AvgIpc) is 2.38. The summed E-state index contributed by atoms with van der Waals surface area (Å²) in [4.78, 5) is 12.3. The quantitative estimate of drug-likeness (QED) is 0.818. The first-order valence-corrected chi connectivity index (χ1v) is 7.23. The number of hydrogen-bond donors (Lipinski definition) is 2. The van der Waals surface area contributed by atoms with E-state index in [1.807, 2.05) is 24.3 Å². The Morgan fingerprint density at radius 2 is 1.90 bits per heavy atom. The Morgan fingerprint density at radius 1 is 1.20 bits per heavy atom. The van der Waals surface area contributed by atoms with Gasteiger partial charge in [0.15, 0.2) is 0 Å². The first-order chi connectivity index (χ1) is 9.49. The second kappa shape index (κ2) is 6.09. The molecule has 1 amide bonds. The first kappa shape index (κ1) is 14.6. The summed E-state index contributed by atoms with van der Waals surface area (Å²) < 4.78 is 0.856. The number of anilines is 2. The maximum atomic E-state index is 12.3. The molecule has 0 heterocycles. The van der Waals surface area contributed by atoms with Crippen LogP contribution in [0.15, 0.2) is 46.9 Å². The van der Waals surface area contributed by atoms with Gasteiger partial charge in [-0.15, -0.1) is 0 Å². The summed E-state index contributed by atoms with van der Waals surface area (Å²) in [6, 6.07) is 13.1. The molecule has 0 unspecified atom stereocenters. The van der Waals surface area contributed by atoms with Gasteiger partial charge in [-0.25, -0.2) is 0 Å². The zero-order valence-corrected chi connectivity index (χ0v) is 13.1. The predicted octanol–water partition coefficient (Wildman–Crippen LogP) is 4.41. The summed E-state index contributed by atoms with van der Waals surface area (Å²) in [6.07, 6.45) is 0. The van der Waals surface area contributed by atoms with Crippen LogP contribution in [0.5, 0.6) is 0 Å². The summed E-state index contributed by atoms with van der Waals surface area (Å²) >= 11 is 3.33. The fourth-order valence-electron chi connectivity index (χ4n) is 2.04. The molecule has 0 aliphatic heterocycles. The van der Waals surface area contributed by atoms with Crippen LogP contribution in [-0.2, 0) is 0 Å². The molecule has 0 aliphatic rings. The Labute approximate surface area is 127 Å². The van der Waals surface area contributed by atoms with Crippen LogP contribution < -0.4 is 11.1 Å². The number of nitrogens with one attached hydrogen (secondary N) is 1. The number of carbonyl (C=O) groups is 1. The van der Waals surface area contributed by atoms with Crippen molar-refractivity contribution in [2.24, 2.45) is 0 Å². The van der Waals surface area contributed by atoms with Gasteiger partial charge >= 0.3 is 0 Å². The first-order valence-electron chi connectivity index (χ1n) is 6.44. The van der Waals surface area contributed by atoms with Crippen molar-refractivity contribution in [3.8, 4) is 0 Å². The van der Waals surface area contributed by atoms with Crippen molar-refractivity contribution < 1.29 is 4.79 Å². The number of halogens is 1. The van der Waals surface area contributed by atoms with E-state index in [0.717, 1.165) is 15.7 Å². The van der Waals surface area contributed by atoms with Gasteiger partial charge in [0.2, 0.25) is 0 Å². The fourth-order valence-corrected chi connectivity index (χ4v) is 2.42. The molecule has 0 bridgehead atoms. The second-order valence-electron chi connectivity index (χ2n) is 4.93. The Kier molecular flexibility index (Phi) is 4.45. The molecular weight excluding hydrogens is 316 g/mol. The lowest BCUT2D eigenvalue weighted by atomic mass is 10.0. The topological polar surface area (TPSA) is 55.1 Å². The third kappa shape index (κ3) is 3.20. The highest BCUT2D eigenvalue weighted by Gasteiger charge is 2.13. The molecular formula is C16H17BrN2O. The molecule has 0 saturated carbocycles. The minimum absolute atomic E-state index is 0.192. The fraction of sp³-hybridized carbons (Fsp3) is 0.188. The number of nitrogens with two attached hydrogens (primary N) is 1. The number of rotatable bonds is 3. The summed E-state index contributed by atoms with van der Waals surface area (Å²) in [7, 11) is 0. The Hall–Kier alpha value is -1.81. The maximum absolute atomic E-state index is 12.3. The molecule has 20 heavy (non-hydrogen) atoms. The molecule has 3 nitrogen and oxygen atoms in total. The van der Waals surface area contributed by atoms with E-state index in [2.05, 4.69) is 35.1 Å². The van der Waals surface area contributed by atoms with E-state index in [1.165, 1.54) is 0 Å². The van der Waals surface area contributed by atoms with E-state index in [0.29, 0.717) is 17.2 Å². The smallest absolute Gasteiger partial charge is 0.257 e. The highest BCUT2D eigenvalue weighted by atomic mass is 79.9. The summed E-state index contributed by atoms with van der Waals surface area (Å²) in [5, 5.41) is 2.93. The molecule has 2 aromatic carbocycles. The van der Waals surface area contributed by atoms with Crippen molar-refractivity contribution in [3.63, 3.8) is 0 Å². The van der Waals surface area contributed by atoms with Crippen molar-refractivity contribution in [2.75, 3.05) is 11.1 Å². The van der Waals surface area contributed by atoms with Crippen LogP contribution in [-0.4, -0.2) is 5.91 Å². The number of nitrogen functional groups attached to an aromatic ring is 1. The molecule has 0 spiro atoms. The second-order valence-corrected chi connectivity index (χ2v) is 5.84. The monoisotopic (exact) mass is 332 g/mol. The molecule has 2 aromatic rings. The maximum Gasteiger partial charge on any atom is 0.257 e. The highest BCUT2D eigenvalue weighted by molar-refractivity contribution is 9.10. The van der Waals surface area contributed by atoms with Gasteiger partial charge in [-0.2, -0.15) is 0 Å². The predicted molar refractivity (Wildman–Crippen MR) is 87.0 cm³/mol. The summed E-state index contributed by atoms with van der Waals surface area (Å²) in [5.41, 5.74) is 8.76. The normalized spacial score (nSPS) is 10.6. The number of para-hydroxylation sites is 1. The van der Waals surface area contributed by atoms with Gasteiger partial charge in [-0.05, 0) is 35.7 Å². The van der Waals surface area contributed by atoms with Gasteiger partial charge < -0.3 is 11.1 Å². The minimum atomic E-state index is -0.192. The molecule has 0 radical (unpaired) electrons. The third-order valence-electron chi connectivity index (χ3n) is 3.09. The van der Waals surface area contributed by atoms with Crippen LogP contribution in [0.3, 0.4) is 0 Å². The van der Waals surface area contributed by atoms with Crippen molar-refractivity contribution in [1.29, 1.82) is 0 Å². The number of carbonyl (C=O) groups excluding carboxylic acids is 1. The Morgan fingerprint density at radius 3 is 2.55 bits per heavy atom. The largest absolute Gasteiger partial charge is 0.398 e. The van der Waals surface area contributed by atoms with E-state index >= 15 is 0 Å². The van der Waals surface area contributed by atoms with Crippen LogP contribution in [0.2, 0.25) is 0 Å². The van der Waals surface area contributed by atoms with E-state index in [1.54, 1.807) is 18.2 Å². The lowest BCUT2D eigenvalue weighted by Gasteiger charge is -2.14. The molecule has 0 fully saturated rings. The van der Waals surface area contributed by atoms with Crippen molar-refractivity contribution in [3.05, 3.63) is 58.1 Å². The molecule has 0 aliphatic carbocycles. The van der Waals surface area contributed by atoms with Crippen LogP contribution in [0.25, 0.3) is 0 Å².